The number of hydrogen-bond donors (Lipinski definition) is 4. The van der Waals surface area contributed by atoms with Gasteiger partial charge in [-0.1, -0.05) is 36.4 Å². The van der Waals surface area contributed by atoms with Gasteiger partial charge in [0.1, 0.15) is 12.2 Å². The molecule has 5 N–H and O–H groups in total. The number of aromatic hydroxyl groups is 1. The molecule has 3 aromatic carbocycles. The predicted molar refractivity (Wildman–Crippen MR) is 151 cm³/mol. The van der Waals surface area contributed by atoms with E-state index in [0.29, 0.717) is 13.1 Å². The highest BCUT2D eigenvalue weighted by Gasteiger charge is 2.38. The summed E-state index contributed by atoms with van der Waals surface area (Å²) < 4.78 is 10.1. The minimum absolute atomic E-state index is 0.109. The Morgan fingerprint density at radius 2 is 1.51 bits per heavy atom. The Labute approximate surface area is 222 Å². The lowest BCUT2D eigenvalue weighted by Gasteiger charge is -2.32. The van der Waals surface area contributed by atoms with Crippen molar-refractivity contribution in [3.05, 3.63) is 54.7 Å². The number of aromatic nitrogens is 3. The zero-order chi connectivity index (χ0) is 26.5. The average molecular weight is 524 g/mol. The van der Waals surface area contributed by atoms with E-state index in [1.54, 1.807) is 4.90 Å². The normalized spacial score (nSPS) is 20.2. The van der Waals surface area contributed by atoms with Gasteiger partial charge in [0.05, 0.1) is 29.5 Å². The van der Waals surface area contributed by atoms with Crippen LogP contribution in [0, 0.1) is 0 Å². The summed E-state index contributed by atoms with van der Waals surface area (Å²) in [6, 6.07) is 16.3. The number of fused-ring (bicyclic) bond motifs is 9. The van der Waals surface area contributed by atoms with Crippen molar-refractivity contribution in [3.8, 4) is 5.88 Å². The standard InChI is InChI=1S/C30H29N5O4/c31-17-9-11-33(12-10-17)29(37)39-16-30(38)14-34-21-7-3-1-5-18(21)23-20-13-32-28(36)25(20)24-19-6-2-4-8-22(19)35(15-30)27(24)26(23)34/h1-8,13,17,32,36,38H,9-12,14-16,31H2. The molecule has 0 aliphatic carbocycles. The van der Waals surface area contributed by atoms with Gasteiger partial charge >= 0.3 is 6.09 Å². The highest BCUT2D eigenvalue weighted by atomic mass is 16.6. The fraction of sp³-hybridized carbons (Fsp3) is 0.300. The summed E-state index contributed by atoms with van der Waals surface area (Å²) in [4.78, 5) is 17.7. The molecule has 1 fully saturated rings. The molecule has 0 spiro atoms. The first kappa shape index (κ1) is 22.7. The van der Waals surface area contributed by atoms with E-state index in [2.05, 4.69) is 32.3 Å². The average Bonchev–Trinajstić information content (AvgIpc) is 3.55. The Bertz CT molecular complexity index is 1960. The molecule has 39 heavy (non-hydrogen) atoms. The van der Waals surface area contributed by atoms with E-state index in [1.807, 2.05) is 36.5 Å². The van der Waals surface area contributed by atoms with E-state index in [4.69, 9.17) is 10.5 Å². The topological polar surface area (TPSA) is 122 Å². The Kier molecular flexibility index (Phi) is 4.61. The predicted octanol–water partition coefficient (Wildman–Crippen LogP) is 4.39. The van der Waals surface area contributed by atoms with E-state index < -0.39 is 11.7 Å². The van der Waals surface area contributed by atoms with Crippen LogP contribution in [0.4, 0.5) is 4.79 Å². The van der Waals surface area contributed by atoms with Crippen LogP contribution < -0.4 is 5.73 Å². The Morgan fingerprint density at radius 1 is 0.923 bits per heavy atom. The Balaban J connectivity index is 1.36. The van der Waals surface area contributed by atoms with Gasteiger partial charge in [-0.2, -0.15) is 0 Å². The van der Waals surface area contributed by atoms with Crippen molar-refractivity contribution >= 4 is 60.5 Å². The van der Waals surface area contributed by atoms with Gasteiger partial charge in [-0.25, -0.2) is 4.79 Å². The van der Waals surface area contributed by atoms with E-state index >= 15 is 0 Å². The molecule has 2 aliphatic heterocycles. The number of hydrogen-bond acceptors (Lipinski definition) is 5. The number of nitrogens with one attached hydrogen (secondary N) is 1. The lowest BCUT2D eigenvalue weighted by Crippen LogP contribution is -2.47. The number of para-hydroxylation sites is 2. The molecule has 198 valence electrons. The van der Waals surface area contributed by atoms with Crippen molar-refractivity contribution in [1.82, 2.24) is 19.0 Å². The first-order valence-corrected chi connectivity index (χ1v) is 13.5. The molecule has 0 saturated carbocycles. The van der Waals surface area contributed by atoms with E-state index in [1.165, 1.54) is 0 Å². The van der Waals surface area contributed by atoms with Crippen molar-refractivity contribution in [2.75, 3.05) is 19.7 Å². The Hall–Kier alpha value is -4.21. The SMILES string of the molecule is NC1CCN(C(=O)OCC2(O)Cn3c4ccccc4c4c5c[nH]c(O)c5c5c6ccccc6n(c5c43)C2)CC1. The van der Waals surface area contributed by atoms with Crippen LogP contribution in [0.3, 0.4) is 0 Å². The molecule has 1 amide bonds. The smallest absolute Gasteiger partial charge is 0.409 e. The second-order valence-electron chi connectivity index (χ2n) is 11.2. The molecule has 1 unspecified atom stereocenters. The van der Waals surface area contributed by atoms with Crippen molar-refractivity contribution in [3.63, 3.8) is 0 Å². The van der Waals surface area contributed by atoms with Crippen LogP contribution in [0.15, 0.2) is 54.7 Å². The van der Waals surface area contributed by atoms with Crippen LogP contribution in [0.2, 0.25) is 0 Å². The number of benzene rings is 3. The molecule has 3 aromatic heterocycles. The van der Waals surface area contributed by atoms with Crippen molar-refractivity contribution < 1.29 is 19.7 Å². The third-order valence-corrected chi connectivity index (χ3v) is 8.71. The van der Waals surface area contributed by atoms with E-state index in [9.17, 15) is 15.0 Å². The number of aromatic amines is 1. The van der Waals surface area contributed by atoms with Crippen LogP contribution in [0.5, 0.6) is 5.88 Å². The molecule has 2 aliphatic rings. The number of nitrogens with two attached hydrogens (primary N) is 1. The molecule has 8 rings (SSSR count). The number of nitrogens with zero attached hydrogens (tertiary/aromatic N) is 3. The summed E-state index contributed by atoms with van der Waals surface area (Å²) in [5.74, 6) is 0.126. The second kappa shape index (κ2) is 7.91. The minimum Gasteiger partial charge on any atom is -0.494 e. The van der Waals surface area contributed by atoms with Gasteiger partial charge < -0.3 is 39.7 Å². The number of carbonyl (C=O) groups is 1. The number of rotatable bonds is 2. The summed E-state index contributed by atoms with van der Waals surface area (Å²) in [5.41, 5.74) is 8.53. The van der Waals surface area contributed by atoms with Gasteiger partial charge in [0, 0.05) is 63.3 Å². The molecule has 1 saturated heterocycles. The second-order valence-corrected chi connectivity index (χ2v) is 11.2. The quantitative estimate of drug-likeness (QED) is 0.268. The van der Waals surface area contributed by atoms with Crippen LogP contribution in [-0.4, -0.2) is 66.7 Å². The molecular formula is C30H29N5O4. The van der Waals surface area contributed by atoms with Crippen molar-refractivity contribution in [2.45, 2.75) is 37.6 Å². The molecule has 9 heteroatoms. The van der Waals surface area contributed by atoms with Gasteiger partial charge in [0.25, 0.3) is 0 Å². The summed E-state index contributed by atoms with van der Waals surface area (Å²) in [6.07, 6.45) is 2.94. The van der Waals surface area contributed by atoms with Crippen LogP contribution in [0.1, 0.15) is 12.8 Å². The number of carbonyl (C=O) groups excluding carboxylic acids is 1. The number of amides is 1. The zero-order valence-corrected chi connectivity index (χ0v) is 21.4. The summed E-state index contributed by atoms with van der Waals surface area (Å²) in [7, 11) is 0. The third kappa shape index (κ3) is 3.11. The highest BCUT2D eigenvalue weighted by molar-refractivity contribution is 6.36. The fourth-order valence-electron chi connectivity index (χ4n) is 6.92. The molecule has 0 bridgehead atoms. The molecule has 6 aromatic rings. The maximum absolute atomic E-state index is 13.0. The third-order valence-electron chi connectivity index (χ3n) is 8.71. The van der Waals surface area contributed by atoms with Crippen LogP contribution >= 0.6 is 0 Å². The van der Waals surface area contributed by atoms with Gasteiger partial charge in [-0.3, -0.25) is 0 Å². The molecule has 5 heterocycles. The maximum Gasteiger partial charge on any atom is 0.409 e. The number of aliphatic hydroxyl groups is 1. The monoisotopic (exact) mass is 523 g/mol. The fourth-order valence-corrected chi connectivity index (χ4v) is 6.92. The summed E-state index contributed by atoms with van der Waals surface area (Å²) in [5, 5.41) is 28.9. The number of ether oxygens (including phenoxy) is 1. The first-order valence-electron chi connectivity index (χ1n) is 13.5. The lowest BCUT2D eigenvalue weighted by atomic mass is 10.0. The molecule has 0 radical (unpaired) electrons. The van der Waals surface area contributed by atoms with Gasteiger partial charge in [-0.15, -0.1) is 0 Å². The Morgan fingerprint density at radius 3 is 2.18 bits per heavy atom. The van der Waals surface area contributed by atoms with E-state index in [-0.39, 0.29) is 31.6 Å². The molecule has 9 nitrogen and oxygen atoms in total. The van der Waals surface area contributed by atoms with Crippen LogP contribution in [-0.2, 0) is 17.8 Å². The summed E-state index contributed by atoms with van der Waals surface area (Å²) >= 11 is 0. The van der Waals surface area contributed by atoms with E-state index in [0.717, 1.165) is 67.2 Å². The number of H-pyrrole nitrogens is 1. The minimum atomic E-state index is -1.37. The molecule has 1 atom stereocenters. The summed E-state index contributed by atoms with van der Waals surface area (Å²) in [6.45, 7) is 1.46. The van der Waals surface area contributed by atoms with Crippen LogP contribution in [0.25, 0.3) is 54.4 Å². The maximum atomic E-state index is 13.0. The lowest BCUT2D eigenvalue weighted by molar-refractivity contribution is -0.0492. The highest BCUT2D eigenvalue weighted by Crippen LogP contribution is 2.48. The van der Waals surface area contributed by atoms with Crippen molar-refractivity contribution in [2.24, 2.45) is 5.73 Å². The van der Waals surface area contributed by atoms with Gasteiger partial charge in [-0.05, 0) is 25.0 Å². The van der Waals surface area contributed by atoms with Crippen molar-refractivity contribution in [1.29, 1.82) is 0 Å². The largest absolute Gasteiger partial charge is 0.494 e. The first-order chi connectivity index (χ1) is 18.9. The zero-order valence-electron chi connectivity index (χ0n) is 21.4. The molecular weight excluding hydrogens is 494 g/mol. The van der Waals surface area contributed by atoms with Gasteiger partial charge in [0.2, 0.25) is 0 Å². The number of likely N-dealkylation sites (tertiary alicyclic amines) is 1. The van der Waals surface area contributed by atoms with Gasteiger partial charge in [0.15, 0.2) is 5.88 Å². The number of piperidine rings is 1.